The Balaban J connectivity index is 0.00000144. The lowest BCUT2D eigenvalue weighted by molar-refractivity contribution is 0.00578. The normalized spacial score (nSPS) is 21.1. The van der Waals surface area contributed by atoms with Gasteiger partial charge in [-0.2, -0.15) is 0 Å². The first-order valence-electron chi connectivity index (χ1n) is 5.38. The van der Waals surface area contributed by atoms with Crippen LogP contribution in [0.2, 0.25) is 0 Å². The highest BCUT2D eigenvalue weighted by atomic mass is 35.5. The third-order valence-corrected chi connectivity index (χ3v) is 3.39. The topological polar surface area (TPSA) is 57.4 Å². The van der Waals surface area contributed by atoms with Crippen LogP contribution in [0.15, 0.2) is 18.5 Å². The smallest absolute Gasteiger partial charge is 0.399 e. The van der Waals surface area contributed by atoms with Crippen LogP contribution in [0, 0.1) is 0 Å². The van der Waals surface area contributed by atoms with Crippen molar-refractivity contribution in [1.82, 2.24) is 4.98 Å². The van der Waals surface area contributed by atoms with Crippen molar-refractivity contribution in [2.75, 3.05) is 5.73 Å². The van der Waals surface area contributed by atoms with Gasteiger partial charge in [-0.15, -0.1) is 12.4 Å². The summed E-state index contributed by atoms with van der Waals surface area (Å²) in [5.74, 6) is 0. The van der Waals surface area contributed by atoms with Crippen molar-refractivity contribution in [1.29, 1.82) is 0 Å². The molecular weight excluding hydrogens is 238 g/mol. The lowest BCUT2D eigenvalue weighted by Crippen LogP contribution is -2.41. The minimum atomic E-state index is -0.432. The maximum absolute atomic E-state index is 5.89. The van der Waals surface area contributed by atoms with E-state index in [1.165, 1.54) is 0 Å². The van der Waals surface area contributed by atoms with Crippen LogP contribution >= 0.6 is 12.4 Å². The molecule has 0 spiro atoms. The number of hydrogen-bond acceptors (Lipinski definition) is 4. The fraction of sp³-hybridized carbons (Fsp3) is 0.545. The first-order chi connectivity index (χ1) is 7.33. The van der Waals surface area contributed by atoms with Crippen molar-refractivity contribution in [2.45, 2.75) is 38.9 Å². The molecule has 1 aliphatic heterocycles. The zero-order chi connectivity index (χ0) is 12.0. The quantitative estimate of drug-likeness (QED) is 0.772. The number of nitrogen functional groups attached to an aromatic ring is 1. The van der Waals surface area contributed by atoms with E-state index in [1.807, 2.05) is 27.7 Å². The Hall–Kier alpha value is -0.775. The summed E-state index contributed by atoms with van der Waals surface area (Å²) >= 11 is 0. The molecule has 17 heavy (non-hydrogen) atoms. The molecule has 0 saturated carbocycles. The molecule has 1 aromatic rings. The molecule has 0 atom stereocenters. The Bertz CT molecular complexity index is 396. The van der Waals surface area contributed by atoms with E-state index in [4.69, 9.17) is 15.0 Å². The Morgan fingerprint density at radius 1 is 1.18 bits per heavy atom. The van der Waals surface area contributed by atoms with Crippen LogP contribution in [0.1, 0.15) is 27.7 Å². The standard InChI is InChI=1S/C11H17BN2O2.ClH/c1-10(2)11(3,4)16-12(15-10)8-7-14-6-5-9(8)13;/h5-7H,1-4H3,(H2,13,14);1H. The van der Waals surface area contributed by atoms with Crippen LogP contribution in [0.3, 0.4) is 0 Å². The van der Waals surface area contributed by atoms with Gasteiger partial charge >= 0.3 is 7.12 Å². The Labute approximate surface area is 108 Å². The number of halogens is 1. The van der Waals surface area contributed by atoms with Crippen LogP contribution in [-0.4, -0.2) is 23.3 Å². The molecule has 1 aliphatic rings. The van der Waals surface area contributed by atoms with E-state index in [2.05, 4.69) is 4.98 Å². The van der Waals surface area contributed by atoms with Crippen LogP contribution in [0.4, 0.5) is 5.69 Å². The van der Waals surface area contributed by atoms with Crippen LogP contribution < -0.4 is 11.2 Å². The van der Waals surface area contributed by atoms with Gasteiger partial charge in [-0.05, 0) is 33.8 Å². The van der Waals surface area contributed by atoms with Crippen LogP contribution in [0.5, 0.6) is 0 Å². The Kier molecular flexibility index (Phi) is 3.76. The molecular formula is C11H18BClN2O2. The molecule has 1 saturated heterocycles. The first kappa shape index (κ1) is 14.3. The average Bonchev–Trinajstić information content (AvgIpc) is 2.36. The summed E-state index contributed by atoms with van der Waals surface area (Å²) < 4.78 is 11.8. The molecule has 94 valence electrons. The summed E-state index contributed by atoms with van der Waals surface area (Å²) in [6.45, 7) is 8.05. The van der Waals surface area contributed by atoms with E-state index in [1.54, 1.807) is 18.5 Å². The maximum Gasteiger partial charge on any atom is 0.498 e. The number of anilines is 1. The highest BCUT2D eigenvalue weighted by molar-refractivity contribution is 6.63. The van der Waals surface area contributed by atoms with Gasteiger partial charge in [0.2, 0.25) is 0 Å². The van der Waals surface area contributed by atoms with Gasteiger partial charge in [0.15, 0.2) is 0 Å². The van der Waals surface area contributed by atoms with Gasteiger partial charge in [-0.1, -0.05) is 0 Å². The summed E-state index contributed by atoms with van der Waals surface area (Å²) in [6, 6.07) is 1.75. The van der Waals surface area contributed by atoms with Gasteiger partial charge in [-0.25, -0.2) is 0 Å². The van der Waals surface area contributed by atoms with E-state index < -0.39 is 7.12 Å². The second kappa shape index (κ2) is 4.48. The average molecular weight is 257 g/mol. The number of aromatic nitrogens is 1. The zero-order valence-corrected chi connectivity index (χ0v) is 11.4. The molecule has 4 nitrogen and oxygen atoms in total. The molecule has 6 heteroatoms. The molecule has 0 amide bonds. The summed E-state index contributed by atoms with van der Waals surface area (Å²) in [7, 11) is -0.432. The van der Waals surface area contributed by atoms with Crippen LogP contribution in [0.25, 0.3) is 0 Å². The van der Waals surface area contributed by atoms with Gasteiger partial charge in [0.25, 0.3) is 0 Å². The second-order valence-corrected chi connectivity index (χ2v) is 5.09. The molecule has 2 N–H and O–H groups in total. The van der Waals surface area contributed by atoms with E-state index >= 15 is 0 Å². The molecule has 1 aromatic heterocycles. The van der Waals surface area contributed by atoms with Crippen molar-refractivity contribution in [3.63, 3.8) is 0 Å². The fourth-order valence-electron chi connectivity index (χ4n) is 1.58. The monoisotopic (exact) mass is 256 g/mol. The predicted molar refractivity (Wildman–Crippen MR) is 71.6 cm³/mol. The molecule has 2 heterocycles. The number of rotatable bonds is 1. The molecule has 0 aromatic carbocycles. The van der Waals surface area contributed by atoms with Gasteiger partial charge in [0.05, 0.1) is 11.2 Å². The molecule has 0 aliphatic carbocycles. The van der Waals surface area contributed by atoms with E-state index in [9.17, 15) is 0 Å². The number of nitrogens with two attached hydrogens (primary N) is 1. The second-order valence-electron chi connectivity index (χ2n) is 5.09. The van der Waals surface area contributed by atoms with Crippen molar-refractivity contribution in [3.05, 3.63) is 18.5 Å². The minimum absolute atomic E-state index is 0. The Morgan fingerprint density at radius 3 is 2.18 bits per heavy atom. The minimum Gasteiger partial charge on any atom is -0.399 e. The third kappa shape index (κ3) is 2.41. The molecule has 0 bridgehead atoms. The van der Waals surface area contributed by atoms with Crippen molar-refractivity contribution < 1.29 is 9.31 Å². The van der Waals surface area contributed by atoms with Crippen molar-refractivity contribution >= 4 is 30.7 Å². The molecule has 0 unspecified atom stereocenters. The highest BCUT2D eigenvalue weighted by Crippen LogP contribution is 2.36. The summed E-state index contributed by atoms with van der Waals surface area (Å²) in [4.78, 5) is 4.05. The number of nitrogens with zero attached hydrogens (tertiary/aromatic N) is 1. The van der Waals surface area contributed by atoms with Gasteiger partial charge in [0.1, 0.15) is 0 Å². The zero-order valence-electron chi connectivity index (χ0n) is 10.6. The van der Waals surface area contributed by atoms with Crippen LogP contribution in [-0.2, 0) is 9.31 Å². The van der Waals surface area contributed by atoms with Crippen molar-refractivity contribution in [2.24, 2.45) is 0 Å². The Morgan fingerprint density at radius 2 is 1.71 bits per heavy atom. The molecule has 0 radical (unpaired) electrons. The number of hydrogen-bond donors (Lipinski definition) is 1. The lowest BCUT2D eigenvalue weighted by atomic mass is 9.79. The lowest BCUT2D eigenvalue weighted by Gasteiger charge is -2.32. The fourth-order valence-corrected chi connectivity index (χ4v) is 1.58. The first-order valence-corrected chi connectivity index (χ1v) is 5.38. The molecule has 1 fully saturated rings. The number of pyridine rings is 1. The summed E-state index contributed by atoms with van der Waals surface area (Å²) in [5.41, 5.74) is 6.62. The highest BCUT2D eigenvalue weighted by Gasteiger charge is 2.52. The van der Waals surface area contributed by atoms with Gasteiger partial charge in [0, 0.05) is 23.5 Å². The van der Waals surface area contributed by atoms with Crippen molar-refractivity contribution in [3.8, 4) is 0 Å². The van der Waals surface area contributed by atoms with Gasteiger partial charge in [-0.3, -0.25) is 4.98 Å². The largest absolute Gasteiger partial charge is 0.498 e. The maximum atomic E-state index is 5.89. The summed E-state index contributed by atoms with van der Waals surface area (Å²) in [5, 5.41) is 0. The third-order valence-electron chi connectivity index (χ3n) is 3.39. The SMILES string of the molecule is CC1(C)OB(c2cnccc2N)OC1(C)C.Cl. The van der Waals surface area contributed by atoms with E-state index in [-0.39, 0.29) is 23.6 Å². The van der Waals surface area contributed by atoms with Gasteiger partial charge < -0.3 is 15.0 Å². The molecule has 2 rings (SSSR count). The summed E-state index contributed by atoms with van der Waals surface area (Å²) in [6.07, 6.45) is 3.35. The predicted octanol–water partition coefficient (Wildman–Crippen LogP) is 1.38. The van der Waals surface area contributed by atoms with E-state index in [0.717, 1.165) is 5.46 Å². The van der Waals surface area contributed by atoms with E-state index in [0.29, 0.717) is 5.69 Å².